The highest BCUT2D eigenvalue weighted by Gasteiger charge is 2.69. The van der Waals surface area contributed by atoms with E-state index in [2.05, 4.69) is 103 Å². The summed E-state index contributed by atoms with van der Waals surface area (Å²) < 4.78 is 20.4. The molecule has 198 valence electrons. The highest BCUT2D eigenvalue weighted by Crippen LogP contribution is 2.62. The van der Waals surface area contributed by atoms with Gasteiger partial charge in [0.2, 0.25) is 5.91 Å². The third-order valence-corrected chi connectivity index (χ3v) is 16.5. The molecule has 6 heterocycles. The van der Waals surface area contributed by atoms with Crippen LogP contribution in [0.2, 0.25) is 18.1 Å². The summed E-state index contributed by atoms with van der Waals surface area (Å²) in [5, 5.41) is 4.68. The average Bonchev–Trinajstić information content (AvgIpc) is 3.22. The van der Waals surface area contributed by atoms with Crippen LogP contribution in [0.5, 0.6) is 0 Å². The highest BCUT2D eigenvalue weighted by molar-refractivity contribution is 6.80. The monoisotopic (exact) mass is 535 g/mol. The zero-order chi connectivity index (χ0) is 26.9. The first-order valence-corrected chi connectivity index (χ1v) is 17.1. The van der Waals surface area contributed by atoms with Crippen LogP contribution < -0.4 is 0 Å². The highest BCUT2D eigenvalue weighted by atomic mass is 28.3. The van der Waals surface area contributed by atoms with E-state index in [0.29, 0.717) is 13.2 Å². The second-order valence-electron chi connectivity index (χ2n) is 13.8. The first-order chi connectivity index (χ1) is 18.5. The molecule has 2 bridgehead atoms. The fraction of sp³-hybridized carbons (Fsp3) is 0.406. The zero-order valence-electron chi connectivity index (χ0n) is 23.4. The van der Waals surface area contributed by atoms with Gasteiger partial charge in [0.1, 0.15) is 11.8 Å². The summed E-state index contributed by atoms with van der Waals surface area (Å²) in [5.74, 6) is 0.196. The Labute approximate surface area is 228 Å². The number of aromatic nitrogens is 2. The number of nitrogens with zero attached hydrogens (tertiary/aromatic N) is 3. The molecule has 0 unspecified atom stereocenters. The molecule has 6 nitrogen and oxygen atoms in total. The van der Waals surface area contributed by atoms with Gasteiger partial charge >= 0.3 is 0 Å². The average molecular weight is 536 g/mol. The summed E-state index contributed by atoms with van der Waals surface area (Å²) in [6, 6.07) is 17.3. The van der Waals surface area contributed by atoms with Gasteiger partial charge in [-0.25, -0.2) is 0 Å². The number of epoxide rings is 1. The molecule has 0 radical (unpaired) electrons. The Morgan fingerprint density at radius 1 is 0.949 bits per heavy atom. The molecule has 39 heavy (non-hydrogen) atoms. The molecule has 4 aliphatic heterocycles. The fourth-order valence-corrected chi connectivity index (χ4v) is 9.89. The minimum atomic E-state index is -2.14. The number of fused-ring (bicyclic) bond motifs is 14. The maximum atomic E-state index is 14.7. The molecular weight excluding hydrogens is 502 g/mol. The Kier molecular flexibility index (Phi) is 3.74. The van der Waals surface area contributed by atoms with Crippen LogP contribution in [-0.4, -0.2) is 40.1 Å². The Balaban J connectivity index is 1.54. The number of carbonyl (C=O) groups is 1. The fourth-order valence-electron chi connectivity index (χ4n) is 7.91. The van der Waals surface area contributed by atoms with Gasteiger partial charge in [-0.15, -0.1) is 0 Å². The summed E-state index contributed by atoms with van der Waals surface area (Å²) in [6.07, 6.45) is 0.638. The number of rotatable bonds is 1. The van der Waals surface area contributed by atoms with Gasteiger partial charge in [-0.05, 0) is 29.7 Å². The standard InChI is InChI=1S/C32H33N3O3Si/c1-30(2,3)39(5,6)33-16-20-24-19-12-8-10-14-22(19)35-28(24)27-25(26(20)29(33)36)18-11-7-9-13-21(18)34(27)23-15-32(17-37-32)31(35,4)38-23/h7-14,23H,15-17H2,1-6H3/t23-,31+,32-/m1/s1. The number of benzene rings is 3. The van der Waals surface area contributed by atoms with Crippen LogP contribution in [0.1, 0.15) is 56.3 Å². The van der Waals surface area contributed by atoms with Gasteiger partial charge in [0.15, 0.2) is 14.0 Å². The van der Waals surface area contributed by atoms with Crippen LogP contribution in [0.4, 0.5) is 0 Å². The van der Waals surface area contributed by atoms with Crippen molar-refractivity contribution < 1.29 is 14.3 Å². The van der Waals surface area contributed by atoms with Gasteiger partial charge in [-0.3, -0.25) is 4.79 Å². The van der Waals surface area contributed by atoms with Gasteiger partial charge < -0.3 is 23.2 Å². The van der Waals surface area contributed by atoms with Crippen LogP contribution >= 0.6 is 0 Å². The molecule has 0 saturated carbocycles. The molecular formula is C32H33N3O3Si. The van der Waals surface area contributed by atoms with Crippen molar-refractivity contribution in [2.75, 3.05) is 6.61 Å². The Hall–Kier alpha value is -3.13. The van der Waals surface area contributed by atoms with E-state index in [1.807, 2.05) is 0 Å². The van der Waals surface area contributed by atoms with E-state index in [1.165, 1.54) is 21.9 Å². The van der Waals surface area contributed by atoms with E-state index >= 15 is 0 Å². The molecule has 0 N–H and O–H groups in total. The van der Waals surface area contributed by atoms with E-state index in [9.17, 15) is 4.79 Å². The van der Waals surface area contributed by atoms with Crippen molar-refractivity contribution in [3.05, 3.63) is 59.7 Å². The normalized spacial score (nSPS) is 27.7. The molecule has 2 saturated heterocycles. The van der Waals surface area contributed by atoms with Crippen molar-refractivity contribution in [2.24, 2.45) is 0 Å². The molecule has 2 aromatic heterocycles. The second kappa shape index (κ2) is 6.43. The number of hydrogen-bond donors (Lipinski definition) is 0. The Bertz CT molecular complexity index is 1970. The van der Waals surface area contributed by atoms with Gasteiger partial charge in [0, 0.05) is 34.5 Å². The van der Waals surface area contributed by atoms with E-state index in [0.717, 1.165) is 39.3 Å². The van der Waals surface area contributed by atoms with Crippen molar-refractivity contribution in [1.82, 2.24) is 13.7 Å². The molecule has 4 aliphatic rings. The molecule has 3 aromatic carbocycles. The maximum absolute atomic E-state index is 14.7. The lowest BCUT2D eigenvalue weighted by atomic mass is 9.94. The molecule has 7 heteroatoms. The lowest BCUT2D eigenvalue weighted by molar-refractivity contribution is -0.122. The quantitative estimate of drug-likeness (QED) is 0.168. The zero-order valence-corrected chi connectivity index (χ0v) is 24.4. The van der Waals surface area contributed by atoms with Crippen LogP contribution in [0, 0.1) is 0 Å². The lowest BCUT2D eigenvalue weighted by Crippen LogP contribution is -2.54. The minimum absolute atomic E-state index is 0.0481. The molecule has 9 rings (SSSR count). The molecule has 1 amide bonds. The van der Waals surface area contributed by atoms with Crippen LogP contribution in [0.15, 0.2) is 48.5 Å². The topological polar surface area (TPSA) is 51.9 Å². The first kappa shape index (κ1) is 22.7. The number of ether oxygens (including phenoxy) is 2. The van der Waals surface area contributed by atoms with Gasteiger partial charge in [-0.2, -0.15) is 0 Å². The number of para-hydroxylation sites is 2. The molecule has 1 spiro atoms. The van der Waals surface area contributed by atoms with Crippen LogP contribution in [0.3, 0.4) is 0 Å². The van der Waals surface area contributed by atoms with Gasteiger partial charge in [0.05, 0.1) is 34.2 Å². The second-order valence-corrected chi connectivity index (χ2v) is 18.9. The predicted octanol–water partition coefficient (Wildman–Crippen LogP) is 7.24. The smallest absolute Gasteiger partial charge is 0.247 e. The summed E-state index contributed by atoms with van der Waals surface area (Å²) in [5.41, 5.74) is 5.70. The number of hydrogen-bond acceptors (Lipinski definition) is 3. The van der Waals surface area contributed by atoms with Crippen molar-refractivity contribution >= 4 is 57.8 Å². The molecule has 0 aliphatic carbocycles. The largest absolute Gasteiger partial charge is 0.364 e. The first-order valence-electron chi connectivity index (χ1n) is 14.2. The SMILES string of the molecule is CC(C)(C)[Si](C)(C)N1Cc2c(c3c4ccccc4n4c3c3c2c2ccccc2n3[C@@]2(C)O[C@@H]4C[C@@]23CO3)C1=O. The number of carbonyl (C=O) groups excluding carboxylic acids is 1. The third kappa shape index (κ3) is 2.30. The predicted molar refractivity (Wildman–Crippen MR) is 157 cm³/mol. The van der Waals surface area contributed by atoms with E-state index in [-0.39, 0.29) is 22.8 Å². The molecule has 2 fully saturated rings. The van der Waals surface area contributed by atoms with Crippen LogP contribution in [-0.2, 0) is 21.7 Å². The van der Waals surface area contributed by atoms with Gasteiger partial charge in [0.25, 0.3) is 0 Å². The van der Waals surface area contributed by atoms with Crippen molar-refractivity contribution in [1.29, 1.82) is 0 Å². The summed E-state index contributed by atoms with van der Waals surface area (Å²) >= 11 is 0. The van der Waals surface area contributed by atoms with Crippen molar-refractivity contribution in [2.45, 2.75) is 76.3 Å². The lowest BCUT2D eigenvalue weighted by Gasteiger charge is -2.43. The summed E-state index contributed by atoms with van der Waals surface area (Å²) in [6.45, 7) is 15.2. The van der Waals surface area contributed by atoms with Crippen LogP contribution in [0.25, 0.3) is 43.6 Å². The maximum Gasteiger partial charge on any atom is 0.247 e. The van der Waals surface area contributed by atoms with Crippen molar-refractivity contribution in [3.63, 3.8) is 0 Å². The number of amides is 1. The Morgan fingerprint density at radius 2 is 1.59 bits per heavy atom. The third-order valence-electron chi connectivity index (χ3n) is 11.1. The minimum Gasteiger partial charge on any atom is -0.364 e. The Morgan fingerprint density at radius 3 is 2.26 bits per heavy atom. The molecule has 5 aromatic rings. The van der Waals surface area contributed by atoms with E-state index in [1.54, 1.807) is 0 Å². The van der Waals surface area contributed by atoms with Gasteiger partial charge in [-0.1, -0.05) is 70.3 Å². The van der Waals surface area contributed by atoms with Crippen molar-refractivity contribution in [3.8, 4) is 0 Å². The summed E-state index contributed by atoms with van der Waals surface area (Å²) in [4.78, 5) is 14.7. The summed E-state index contributed by atoms with van der Waals surface area (Å²) in [7, 11) is -2.14. The van der Waals surface area contributed by atoms with E-state index in [4.69, 9.17) is 9.47 Å². The molecule has 3 atom stereocenters. The van der Waals surface area contributed by atoms with E-state index < -0.39 is 14.0 Å².